The molecule has 2 heterocycles. The number of carbonyl (C=O) groups excluding carboxylic acids is 1. The second-order valence-corrected chi connectivity index (χ2v) is 8.70. The number of anilines is 1. The van der Waals surface area contributed by atoms with Gasteiger partial charge in [-0.2, -0.15) is 0 Å². The third-order valence-electron chi connectivity index (χ3n) is 4.66. The van der Waals surface area contributed by atoms with Crippen molar-refractivity contribution in [3.8, 4) is 0 Å². The van der Waals surface area contributed by atoms with E-state index in [9.17, 15) is 4.79 Å². The van der Waals surface area contributed by atoms with Crippen molar-refractivity contribution in [3.63, 3.8) is 0 Å². The number of pyridine rings is 1. The van der Waals surface area contributed by atoms with Gasteiger partial charge in [-0.25, -0.2) is 9.78 Å². The number of piperidine rings is 1. The molecule has 0 aliphatic carbocycles. The zero-order valence-corrected chi connectivity index (χ0v) is 17.5. The molecular weight excluding hydrogens is 326 g/mol. The summed E-state index contributed by atoms with van der Waals surface area (Å²) in [4.78, 5) is 21.8. The van der Waals surface area contributed by atoms with Gasteiger partial charge in [0.25, 0.3) is 0 Å². The summed E-state index contributed by atoms with van der Waals surface area (Å²) in [7, 11) is 0. The van der Waals surface area contributed by atoms with Crippen LogP contribution in [0.15, 0.2) is 18.3 Å². The molecule has 1 aromatic rings. The zero-order valence-electron chi connectivity index (χ0n) is 17.5. The van der Waals surface area contributed by atoms with Crippen LogP contribution < -0.4 is 4.90 Å². The number of ether oxygens (including phenoxy) is 1. The van der Waals surface area contributed by atoms with Crippen molar-refractivity contribution < 1.29 is 9.53 Å². The molecule has 146 valence electrons. The van der Waals surface area contributed by atoms with Crippen molar-refractivity contribution in [2.45, 2.75) is 91.5 Å². The average Bonchev–Trinajstić information content (AvgIpc) is 2.53. The molecule has 5 heteroatoms. The van der Waals surface area contributed by atoms with Crippen LogP contribution in [0.2, 0.25) is 0 Å². The lowest BCUT2D eigenvalue weighted by Gasteiger charge is -2.40. The summed E-state index contributed by atoms with van der Waals surface area (Å²) in [5.74, 6) is 0.984. The Labute approximate surface area is 158 Å². The van der Waals surface area contributed by atoms with E-state index in [1.807, 2.05) is 37.9 Å². The summed E-state index contributed by atoms with van der Waals surface area (Å²) in [5.41, 5.74) is 0.638. The van der Waals surface area contributed by atoms with Crippen LogP contribution in [0, 0.1) is 0 Å². The Morgan fingerprint density at radius 1 is 1.23 bits per heavy atom. The van der Waals surface area contributed by atoms with E-state index in [0.29, 0.717) is 12.1 Å². The summed E-state index contributed by atoms with van der Waals surface area (Å²) >= 11 is 0. The normalized spacial score (nSPS) is 18.3. The van der Waals surface area contributed by atoms with Gasteiger partial charge in [0.05, 0.1) is 6.04 Å². The number of likely N-dealkylation sites (tertiary alicyclic amines) is 1. The molecule has 1 fully saturated rings. The number of rotatable bonds is 4. The molecular formula is C21H35N3O2. The highest BCUT2D eigenvalue weighted by Crippen LogP contribution is 2.37. The third-order valence-corrected chi connectivity index (χ3v) is 4.66. The Morgan fingerprint density at radius 2 is 1.88 bits per heavy atom. The highest BCUT2D eigenvalue weighted by molar-refractivity contribution is 5.69. The molecule has 1 atom stereocenters. The number of amides is 1. The zero-order chi connectivity index (χ0) is 19.5. The maximum absolute atomic E-state index is 12.8. The molecule has 0 N–H and O–H groups in total. The van der Waals surface area contributed by atoms with Gasteiger partial charge in [-0.15, -0.1) is 0 Å². The second-order valence-electron chi connectivity index (χ2n) is 8.70. The van der Waals surface area contributed by atoms with Crippen LogP contribution in [0.25, 0.3) is 0 Å². The van der Waals surface area contributed by atoms with Crippen molar-refractivity contribution >= 4 is 11.9 Å². The summed E-state index contributed by atoms with van der Waals surface area (Å²) in [6.45, 7) is 15.2. The summed E-state index contributed by atoms with van der Waals surface area (Å²) in [6.07, 6.45) is 4.70. The first-order valence-corrected chi connectivity index (χ1v) is 9.84. The van der Waals surface area contributed by atoms with Gasteiger partial charge in [0, 0.05) is 30.4 Å². The van der Waals surface area contributed by atoms with Gasteiger partial charge in [0.2, 0.25) is 0 Å². The second kappa shape index (κ2) is 8.28. The van der Waals surface area contributed by atoms with Gasteiger partial charge in [-0.1, -0.05) is 6.07 Å². The van der Waals surface area contributed by atoms with E-state index < -0.39 is 5.60 Å². The van der Waals surface area contributed by atoms with E-state index in [0.717, 1.165) is 37.2 Å². The van der Waals surface area contributed by atoms with Gasteiger partial charge in [0.1, 0.15) is 11.4 Å². The van der Waals surface area contributed by atoms with E-state index in [4.69, 9.17) is 9.72 Å². The predicted octanol–water partition coefficient (Wildman–Crippen LogP) is 5.17. The summed E-state index contributed by atoms with van der Waals surface area (Å²) in [5, 5.41) is 0. The molecule has 0 spiro atoms. The smallest absolute Gasteiger partial charge is 0.410 e. The van der Waals surface area contributed by atoms with Gasteiger partial charge in [-0.05, 0) is 73.8 Å². The van der Waals surface area contributed by atoms with Crippen molar-refractivity contribution in [2.24, 2.45) is 0 Å². The molecule has 1 aliphatic rings. The van der Waals surface area contributed by atoms with Crippen LogP contribution in [-0.2, 0) is 4.74 Å². The van der Waals surface area contributed by atoms with Gasteiger partial charge >= 0.3 is 6.09 Å². The van der Waals surface area contributed by atoms with Crippen LogP contribution in [0.4, 0.5) is 10.6 Å². The lowest BCUT2D eigenvalue weighted by molar-refractivity contribution is 0.00954. The summed E-state index contributed by atoms with van der Waals surface area (Å²) < 4.78 is 5.68. The Morgan fingerprint density at radius 3 is 2.46 bits per heavy atom. The molecule has 5 nitrogen and oxygen atoms in total. The third kappa shape index (κ3) is 4.89. The Balaban J connectivity index is 2.40. The average molecular weight is 362 g/mol. The highest BCUT2D eigenvalue weighted by atomic mass is 16.6. The topological polar surface area (TPSA) is 45.7 Å². The lowest BCUT2D eigenvalue weighted by atomic mass is 9.95. The summed E-state index contributed by atoms with van der Waals surface area (Å²) in [6, 6.07) is 4.78. The molecule has 1 unspecified atom stereocenters. The number of nitrogens with zero attached hydrogens (tertiary/aromatic N) is 3. The molecule has 0 saturated carbocycles. The van der Waals surface area contributed by atoms with Crippen molar-refractivity contribution in [1.29, 1.82) is 0 Å². The molecule has 1 saturated heterocycles. The Kier molecular flexibility index (Phi) is 6.53. The molecule has 0 radical (unpaired) electrons. The first-order chi connectivity index (χ1) is 12.1. The fourth-order valence-electron chi connectivity index (χ4n) is 3.76. The highest BCUT2D eigenvalue weighted by Gasteiger charge is 2.34. The Bertz CT molecular complexity index is 600. The quantitative estimate of drug-likeness (QED) is 0.742. The molecule has 26 heavy (non-hydrogen) atoms. The van der Waals surface area contributed by atoms with Crippen molar-refractivity contribution in [2.75, 3.05) is 11.4 Å². The number of hydrogen-bond donors (Lipinski definition) is 0. The lowest BCUT2D eigenvalue weighted by Crippen LogP contribution is -2.43. The van der Waals surface area contributed by atoms with E-state index in [1.54, 1.807) is 0 Å². The van der Waals surface area contributed by atoms with Crippen LogP contribution in [-0.4, -0.2) is 40.2 Å². The van der Waals surface area contributed by atoms with Gasteiger partial charge < -0.3 is 14.5 Å². The number of aromatic nitrogens is 1. The first-order valence-electron chi connectivity index (χ1n) is 9.84. The van der Waals surface area contributed by atoms with Crippen LogP contribution >= 0.6 is 0 Å². The van der Waals surface area contributed by atoms with Crippen LogP contribution in [0.5, 0.6) is 0 Å². The number of hydrogen-bond acceptors (Lipinski definition) is 4. The van der Waals surface area contributed by atoms with Crippen LogP contribution in [0.1, 0.15) is 79.3 Å². The maximum atomic E-state index is 12.8. The minimum atomic E-state index is -0.487. The minimum Gasteiger partial charge on any atom is -0.444 e. The van der Waals surface area contributed by atoms with Gasteiger partial charge in [0.15, 0.2) is 0 Å². The molecule has 1 aromatic heterocycles. The largest absolute Gasteiger partial charge is 0.444 e. The van der Waals surface area contributed by atoms with E-state index in [2.05, 4.69) is 38.7 Å². The number of carbonyl (C=O) groups is 1. The molecule has 2 rings (SSSR count). The molecule has 0 bridgehead atoms. The van der Waals surface area contributed by atoms with Crippen molar-refractivity contribution in [1.82, 2.24) is 9.88 Å². The van der Waals surface area contributed by atoms with Crippen molar-refractivity contribution in [3.05, 3.63) is 23.9 Å². The van der Waals surface area contributed by atoms with E-state index >= 15 is 0 Å². The fraction of sp³-hybridized carbons (Fsp3) is 0.714. The van der Waals surface area contributed by atoms with E-state index in [-0.39, 0.29) is 12.1 Å². The maximum Gasteiger partial charge on any atom is 0.410 e. The molecule has 0 aromatic carbocycles. The Hall–Kier alpha value is -1.78. The predicted molar refractivity (Wildman–Crippen MR) is 107 cm³/mol. The van der Waals surface area contributed by atoms with Gasteiger partial charge in [-0.3, -0.25) is 0 Å². The molecule has 1 amide bonds. The van der Waals surface area contributed by atoms with E-state index in [1.165, 1.54) is 0 Å². The standard InChI is InChI=1S/C21H35N3O2/c1-15(2)24(16(3)4)19-17(11-10-13-22-19)18-12-8-9-14-23(18)20(25)26-21(5,6)7/h10-11,13,15-16,18H,8-9,12,14H2,1-7H3. The SMILES string of the molecule is CC(C)N(c1ncccc1C1CCCCN1C(=O)OC(C)(C)C)C(C)C. The van der Waals surface area contributed by atoms with Crippen LogP contribution in [0.3, 0.4) is 0 Å². The first kappa shape index (κ1) is 20.5. The molecule has 1 aliphatic heterocycles. The monoisotopic (exact) mass is 361 g/mol. The minimum absolute atomic E-state index is 0.0160. The fourth-order valence-corrected chi connectivity index (χ4v) is 3.76.